The van der Waals surface area contributed by atoms with Gasteiger partial charge in [-0.2, -0.15) is 0 Å². The molecule has 0 aliphatic rings. The monoisotopic (exact) mass is 289 g/mol. The van der Waals surface area contributed by atoms with E-state index in [1.165, 1.54) is 4.31 Å². The van der Waals surface area contributed by atoms with Crippen LogP contribution in [0.4, 0.5) is 5.69 Å². The topological polar surface area (TPSA) is 37.4 Å². The van der Waals surface area contributed by atoms with E-state index in [2.05, 4.69) is 0 Å². The minimum Gasteiger partial charge on any atom is -0.269 e. The highest BCUT2D eigenvalue weighted by atomic mass is 32.2. The largest absolute Gasteiger partial charge is 0.269 e. The molecule has 0 N–H and O–H groups in total. The Bertz CT molecular complexity index is 691. The number of benzene rings is 2. The van der Waals surface area contributed by atoms with Gasteiger partial charge in [-0.15, -0.1) is 0 Å². The summed E-state index contributed by atoms with van der Waals surface area (Å²) in [6.45, 7) is 3.96. The molecule has 2 rings (SSSR count). The minimum atomic E-state index is -3.51. The Morgan fingerprint density at radius 3 is 2.20 bits per heavy atom. The summed E-state index contributed by atoms with van der Waals surface area (Å²) in [5, 5.41) is 0. The van der Waals surface area contributed by atoms with E-state index < -0.39 is 10.0 Å². The number of sulfonamides is 1. The van der Waals surface area contributed by atoms with Crippen LogP contribution >= 0.6 is 0 Å². The Morgan fingerprint density at radius 2 is 1.60 bits per heavy atom. The van der Waals surface area contributed by atoms with Crippen LogP contribution in [0.1, 0.15) is 18.1 Å². The Kier molecular flexibility index (Phi) is 4.14. The molecule has 4 heteroatoms. The summed E-state index contributed by atoms with van der Waals surface area (Å²) < 4.78 is 26.6. The third-order valence-electron chi connectivity index (χ3n) is 3.39. The van der Waals surface area contributed by atoms with Gasteiger partial charge in [-0.3, -0.25) is 4.31 Å². The Hall–Kier alpha value is -1.81. The summed E-state index contributed by atoms with van der Waals surface area (Å²) >= 11 is 0. The molecule has 0 aliphatic heterocycles. The maximum atomic E-state index is 12.6. The van der Waals surface area contributed by atoms with Gasteiger partial charge in [0.15, 0.2) is 0 Å². The molecule has 0 saturated heterocycles. The molecule has 0 bridgehead atoms. The number of nitrogens with zero attached hydrogens (tertiary/aromatic N) is 1. The van der Waals surface area contributed by atoms with Gasteiger partial charge in [-0.25, -0.2) is 8.42 Å². The van der Waals surface area contributed by atoms with Gasteiger partial charge in [0.2, 0.25) is 0 Å². The lowest BCUT2D eigenvalue weighted by molar-refractivity contribution is 0.594. The van der Waals surface area contributed by atoms with Gasteiger partial charge in [-0.1, -0.05) is 42.8 Å². The zero-order valence-electron chi connectivity index (χ0n) is 12.0. The highest BCUT2D eigenvalue weighted by molar-refractivity contribution is 7.92. The molecule has 2 aromatic carbocycles. The second-order valence-electron chi connectivity index (χ2n) is 4.77. The fourth-order valence-electron chi connectivity index (χ4n) is 2.11. The minimum absolute atomic E-state index is 0.316. The third kappa shape index (κ3) is 2.70. The van der Waals surface area contributed by atoms with Crippen LogP contribution in [0.25, 0.3) is 0 Å². The van der Waals surface area contributed by atoms with Crippen molar-refractivity contribution in [1.82, 2.24) is 0 Å². The van der Waals surface area contributed by atoms with E-state index in [0.717, 1.165) is 23.2 Å². The van der Waals surface area contributed by atoms with E-state index in [0.29, 0.717) is 4.90 Å². The first-order chi connectivity index (χ1) is 9.46. The first-order valence-corrected chi connectivity index (χ1v) is 8.04. The summed E-state index contributed by atoms with van der Waals surface area (Å²) in [6, 6.07) is 14.5. The lowest BCUT2D eigenvalue weighted by atomic mass is 10.1. The van der Waals surface area contributed by atoms with Crippen LogP contribution < -0.4 is 4.31 Å². The van der Waals surface area contributed by atoms with Crippen molar-refractivity contribution in [2.24, 2.45) is 0 Å². The van der Waals surface area contributed by atoms with Gasteiger partial charge in [0.1, 0.15) is 0 Å². The zero-order chi connectivity index (χ0) is 14.8. The quantitative estimate of drug-likeness (QED) is 0.865. The summed E-state index contributed by atoms with van der Waals surface area (Å²) in [5.74, 6) is 0. The number of anilines is 1. The Labute approximate surface area is 120 Å². The number of hydrogen-bond acceptors (Lipinski definition) is 2. The molecular weight excluding hydrogens is 270 g/mol. The van der Waals surface area contributed by atoms with Gasteiger partial charge in [-0.05, 0) is 37.1 Å². The second kappa shape index (κ2) is 5.67. The van der Waals surface area contributed by atoms with Crippen molar-refractivity contribution in [3.63, 3.8) is 0 Å². The van der Waals surface area contributed by atoms with Gasteiger partial charge in [0, 0.05) is 7.05 Å². The van der Waals surface area contributed by atoms with Crippen LogP contribution in [-0.4, -0.2) is 15.5 Å². The molecule has 20 heavy (non-hydrogen) atoms. The van der Waals surface area contributed by atoms with Crippen molar-refractivity contribution in [2.45, 2.75) is 25.2 Å². The van der Waals surface area contributed by atoms with E-state index >= 15 is 0 Å². The van der Waals surface area contributed by atoms with E-state index in [9.17, 15) is 8.42 Å². The normalized spacial score (nSPS) is 11.3. The van der Waals surface area contributed by atoms with Gasteiger partial charge >= 0.3 is 0 Å². The average Bonchev–Trinajstić information content (AvgIpc) is 2.46. The summed E-state index contributed by atoms with van der Waals surface area (Å²) in [5.41, 5.74) is 2.79. The Balaban J connectivity index is 2.46. The summed E-state index contributed by atoms with van der Waals surface area (Å²) in [4.78, 5) is 0.316. The standard InChI is InChI=1S/C16H19NO2S/c1-4-14-7-5-6-8-16(14)17(3)20(18,19)15-11-9-13(2)10-12-15/h5-12H,4H2,1-3H3. The Morgan fingerprint density at radius 1 is 1.00 bits per heavy atom. The number of rotatable bonds is 4. The van der Waals surface area contributed by atoms with Crippen LogP contribution in [0.5, 0.6) is 0 Å². The van der Waals surface area contributed by atoms with Crippen LogP contribution in [0.2, 0.25) is 0 Å². The zero-order valence-corrected chi connectivity index (χ0v) is 12.8. The summed E-state index contributed by atoms with van der Waals surface area (Å²) in [6.07, 6.45) is 0.796. The van der Waals surface area contributed by atoms with Gasteiger partial charge in [0.25, 0.3) is 10.0 Å². The molecule has 106 valence electrons. The molecule has 0 unspecified atom stereocenters. The maximum Gasteiger partial charge on any atom is 0.264 e. The van der Waals surface area contributed by atoms with E-state index in [1.807, 2.05) is 50.2 Å². The third-order valence-corrected chi connectivity index (χ3v) is 5.18. The van der Waals surface area contributed by atoms with Gasteiger partial charge < -0.3 is 0 Å². The van der Waals surface area contributed by atoms with Crippen molar-refractivity contribution in [3.05, 3.63) is 59.7 Å². The second-order valence-corrected chi connectivity index (χ2v) is 6.74. The van der Waals surface area contributed by atoms with Crippen molar-refractivity contribution < 1.29 is 8.42 Å². The van der Waals surface area contributed by atoms with E-state index in [4.69, 9.17) is 0 Å². The first kappa shape index (κ1) is 14.6. The molecule has 0 spiro atoms. The molecule has 0 saturated carbocycles. The molecule has 0 heterocycles. The van der Waals surface area contributed by atoms with Crippen molar-refractivity contribution >= 4 is 15.7 Å². The lowest BCUT2D eigenvalue weighted by Gasteiger charge is -2.22. The molecule has 0 fully saturated rings. The van der Waals surface area contributed by atoms with Crippen LogP contribution in [0.3, 0.4) is 0 Å². The molecule has 2 aromatic rings. The van der Waals surface area contributed by atoms with E-state index in [1.54, 1.807) is 19.2 Å². The van der Waals surface area contributed by atoms with Crippen molar-refractivity contribution in [3.8, 4) is 0 Å². The molecule has 0 aliphatic carbocycles. The fraction of sp³-hybridized carbons (Fsp3) is 0.250. The summed E-state index contributed by atoms with van der Waals surface area (Å²) in [7, 11) is -1.91. The maximum absolute atomic E-state index is 12.6. The van der Waals surface area contributed by atoms with E-state index in [-0.39, 0.29) is 0 Å². The highest BCUT2D eigenvalue weighted by Gasteiger charge is 2.22. The number of para-hydroxylation sites is 1. The lowest BCUT2D eigenvalue weighted by Crippen LogP contribution is -2.27. The average molecular weight is 289 g/mol. The molecule has 3 nitrogen and oxygen atoms in total. The molecule has 0 atom stereocenters. The molecule has 0 aromatic heterocycles. The van der Waals surface area contributed by atoms with Crippen LogP contribution in [0, 0.1) is 6.92 Å². The van der Waals surface area contributed by atoms with Crippen molar-refractivity contribution in [1.29, 1.82) is 0 Å². The van der Waals surface area contributed by atoms with Crippen LogP contribution in [0.15, 0.2) is 53.4 Å². The SMILES string of the molecule is CCc1ccccc1N(C)S(=O)(=O)c1ccc(C)cc1. The molecule has 0 radical (unpaired) electrons. The number of aryl methyl sites for hydroxylation is 2. The smallest absolute Gasteiger partial charge is 0.264 e. The molecule has 0 amide bonds. The van der Waals surface area contributed by atoms with Crippen molar-refractivity contribution in [2.75, 3.05) is 11.4 Å². The fourth-order valence-corrected chi connectivity index (χ4v) is 3.35. The predicted molar refractivity (Wildman–Crippen MR) is 82.6 cm³/mol. The predicted octanol–water partition coefficient (Wildman–Crippen LogP) is 3.38. The molecular formula is C16H19NO2S. The van der Waals surface area contributed by atoms with Gasteiger partial charge in [0.05, 0.1) is 10.6 Å². The number of hydrogen-bond donors (Lipinski definition) is 0. The first-order valence-electron chi connectivity index (χ1n) is 6.60. The highest BCUT2D eigenvalue weighted by Crippen LogP contribution is 2.25. The van der Waals surface area contributed by atoms with Crippen LogP contribution in [-0.2, 0) is 16.4 Å².